The number of carbonyl (C=O) groups excluding carboxylic acids is 2. The molecule has 2 aromatic carbocycles. The number of halogens is 1. The second-order valence-corrected chi connectivity index (χ2v) is 6.78. The molecule has 2 aromatic rings. The largest absolute Gasteiger partial charge is 0.486 e. The van der Waals surface area contributed by atoms with Crippen LogP contribution in [0.2, 0.25) is 5.02 Å². The Hall–Kier alpha value is -2.93. The summed E-state index contributed by atoms with van der Waals surface area (Å²) in [6.07, 6.45) is 0.247. The van der Waals surface area contributed by atoms with Gasteiger partial charge in [-0.25, -0.2) is 4.79 Å². The Labute approximate surface area is 161 Å². The minimum Gasteiger partial charge on any atom is -0.486 e. The first kappa shape index (κ1) is 17.5. The molecule has 4 rings (SSSR count). The van der Waals surface area contributed by atoms with E-state index in [1.807, 2.05) is 0 Å². The molecule has 0 aromatic heterocycles. The zero-order valence-electron chi connectivity index (χ0n) is 14.4. The third-order valence-electron chi connectivity index (χ3n) is 4.40. The molecule has 0 bridgehead atoms. The fourth-order valence-electron chi connectivity index (χ4n) is 3.15. The lowest BCUT2D eigenvalue weighted by Crippen LogP contribution is -2.39. The van der Waals surface area contributed by atoms with Crippen LogP contribution in [0.4, 0.5) is 16.2 Å². The molecule has 3 amide bonds. The molecule has 0 unspecified atom stereocenters. The van der Waals surface area contributed by atoms with E-state index in [9.17, 15) is 9.59 Å². The molecular formula is C19H18ClN3O4. The topological polar surface area (TPSA) is 79.9 Å². The summed E-state index contributed by atoms with van der Waals surface area (Å²) in [4.78, 5) is 26.2. The lowest BCUT2D eigenvalue weighted by molar-refractivity contribution is -0.117. The second-order valence-electron chi connectivity index (χ2n) is 6.34. The second kappa shape index (κ2) is 7.36. The summed E-state index contributed by atoms with van der Waals surface area (Å²) in [5.74, 6) is 1.22. The molecule has 2 aliphatic heterocycles. The molecule has 7 nitrogen and oxygen atoms in total. The SMILES string of the molecule is O=C(Nc1ccc2c(c1)OCCO2)N[C@H]1CC(=O)N(c2ccc(Cl)cc2)C1. The van der Waals surface area contributed by atoms with Crippen LogP contribution in [0.3, 0.4) is 0 Å². The maximum atomic E-state index is 12.3. The highest BCUT2D eigenvalue weighted by atomic mass is 35.5. The minimum absolute atomic E-state index is 0.0399. The van der Waals surface area contributed by atoms with Crippen molar-refractivity contribution in [1.82, 2.24) is 5.32 Å². The van der Waals surface area contributed by atoms with Crippen molar-refractivity contribution in [3.05, 3.63) is 47.5 Å². The molecule has 2 aliphatic rings. The fraction of sp³-hybridized carbons (Fsp3) is 0.263. The van der Waals surface area contributed by atoms with Crippen LogP contribution in [0, 0.1) is 0 Å². The van der Waals surface area contributed by atoms with Gasteiger partial charge in [-0.15, -0.1) is 0 Å². The molecule has 2 heterocycles. The van der Waals surface area contributed by atoms with Gasteiger partial charge in [0.2, 0.25) is 5.91 Å². The number of nitrogens with one attached hydrogen (secondary N) is 2. The number of rotatable bonds is 3. The van der Waals surface area contributed by atoms with E-state index in [-0.39, 0.29) is 24.4 Å². The van der Waals surface area contributed by atoms with Crippen molar-refractivity contribution in [3.63, 3.8) is 0 Å². The van der Waals surface area contributed by atoms with Gasteiger partial charge in [-0.3, -0.25) is 4.79 Å². The Bertz CT molecular complexity index is 872. The van der Waals surface area contributed by atoms with Gasteiger partial charge in [-0.05, 0) is 36.4 Å². The Morgan fingerprint density at radius 2 is 1.81 bits per heavy atom. The average molecular weight is 388 g/mol. The molecule has 2 N–H and O–H groups in total. The lowest BCUT2D eigenvalue weighted by Gasteiger charge is -2.19. The van der Waals surface area contributed by atoms with Gasteiger partial charge in [-0.1, -0.05) is 11.6 Å². The fourth-order valence-corrected chi connectivity index (χ4v) is 3.27. The number of urea groups is 1. The molecule has 1 saturated heterocycles. The number of nitrogens with zero attached hydrogens (tertiary/aromatic N) is 1. The molecule has 140 valence electrons. The maximum absolute atomic E-state index is 12.3. The predicted molar refractivity (Wildman–Crippen MR) is 102 cm³/mol. The van der Waals surface area contributed by atoms with Crippen LogP contribution in [-0.2, 0) is 4.79 Å². The molecule has 1 fully saturated rings. The molecule has 0 saturated carbocycles. The third-order valence-corrected chi connectivity index (χ3v) is 4.65. The first-order valence-electron chi connectivity index (χ1n) is 8.61. The van der Waals surface area contributed by atoms with Crippen LogP contribution in [0.25, 0.3) is 0 Å². The van der Waals surface area contributed by atoms with Crippen LogP contribution in [0.5, 0.6) is 11.5 Å². The van der Waals surface area contributed by atoms with Gasteiger partial charge >= 0.3 is 6.03 Å². The van der Waals surface area contributed by atoms with E-state index in [1.54, 1.807) is 47.4 Å². The number of carbonyl (C=O) groups is 2. The van der Waals surface area contributed by atoms with Gasteiger partial charge in [0, 0.05) is 35.4 Å². The molecule has 0 radical (unpaired) electrons. The van der Waals surface area contributed by atoms with Crippen molar-refractivity contribution in [2.75, 3.05) is 30.0 Å². The van der Waals surface area contributed by atoms with Crippen LogP contribution in [-0.4, -0.2) is 37.7 Å². The monoisotopic (exact) mass is 387 g/mol. The average Bonchev–Trinajstić information content (AvgIpc) is 3.02. The van der Waals surface area contributed by atoms with Crippen LogP contribution in [0.1, 0.15) is 6.42 Å². The molecule has 0 aliphatic carbocycles. The van der Waals surface area contributed by atoms with Crippen LogP contribution >= 0.6 is 11.6 Å². The third kappa shape index (κ3) is 3.93. The Morgan fingerprint density at radius 1 is 1.07 bits per heavy atom. The quantitative estimate of drug-likeness (QED) is 0.848. The summed E-state index contributed by atoms with van der Waals surface area (Å²) in [7, 11) is 0. The summed E-state index contributed by atoms with van der Waals surface area (Å²) < 4.78 is 11.0. The van der Waals surface area contributed by atoms with Crippen molar-refractivity contribution >= 4 is 34.9 Å². The zero-order valence-corrected chi connectivity index (χ0v) is 15.2. The van der Waals surface area contributed by atoms with Crippen molar-refractivity contribution < 1.29 is 19.1 Å². The number of hydrogen-bond acceptors (Lipinski definition) is 4. The van der Waals surface area contributed by atoms with Crippen molar-refractivity contribution in [1.29, 1.82) is 0 Å². The highest BCUT2D eigenvalue weighted by Crippen LogP contribution is 2.32. The zero-order chi connectivity index (χ0) is 18.8. The minimum atomic E-state index is -0.373. The number of benzene rings is 2. The normalized spacial score (nSPS) is 18.3. The predicted octanol–water partition coefficient (Wildman–Crippen LogP) is 3.04. The van der Waals surface area contributed by atoms with E-state index in [0.29, 0.717) is 42.0 Å². The lowest BCUT2D eigenvalue weighted by atomic mass is 10.2. The van der Waals surface area contributed by atoms with E-state index in [2.05, 4.69) is 10.6 Å². The van der Waals surface area contributed by atoms with E-state index in [0.717, 1.165) is 5.69 Å². The number of ether oxygens (including phenoxy) is 2. The Balaban J connectivity index is 1.36. The van der Waals surface area contributed by atoms with Gasteiger partial charge in [-0.2, -0.15) is 0 Å². The number of anilines is 2. The van der Waals surface area contributed by atoms with E-state index in [4.69, 9.17) is 21.1 Å². The summed E-state index contributed by atoms with van der Waals surface area (Å²) in [6, 6.07) is 11.6. The Kier molecular flexibility index (Phi) is 4.77. The number of amides is 3. The molecule has 0 spiro atoms. The highest BCUT2D eigenvalue weighted by Gasteiger charge is 2.31. The number of hydrogen-bond donors (Lipinski definition) is 2. The first-order chi connectivity index (χ1) is 13.1. The number of fused-ring (bicyclic) bond motifs is 1. The molecule has 1 atom stereocenters. The van der Waals surface area contributed by atoms with Crippen LogP contribution in [0.15, 0.2) is 42.5 Å². The van der Waals surface area contributed by atoms with Gasteiger partial charge in [0.15, 0.2) is 11.5 Å². The summed E-state index contributed by atoms with van der Waals surface area (Å²) in [6.45, 7) is 1.41. The summed E-state index contributed by atoms with van der Waals surface area (Å²) >= 11 is 5.89. The molecule has 8 heteroatoms. The Morgan fingerprint density at radius 3 is 2.59 bits per heavy atom. The van der Waals surface area contributed by atoms with Crippen molar-refractivity contribution in [3.8, 4) is 11.5 Å². The standard InChI is InChI=1S/C19H18ClN3O4/c20-12-1-4-15(5-2-12)23-11-14(10-18(23)24)22-19(25)21-13-3-6-16-17(9-13)27-8-7-26-16/h1-6,9,14H,7-8,10-11H2,(H2,21,22,25)/t14-/m0/s1. The van der Waals surface area contributed by atoms with Gasteiger partial charge in [0.1, 0.15) is 13.2 Å². The highest BCUT2D eigenvalue weighted by molar-refractivity contribution is 6.30. The van der Waals surface area contributed by atoms with Gasteiger partial charge < -0.3 is 25.0 Å². The molecule has 27 heavy (non-hydrogen) atoms. The summed E-state index contributed by atoms with van der Waals surface area (Å²) in [5.41, 5.74) is 1.36. The van der Waals surface area contributed by atoms with Gasteiger partial charge in [0.05, 0.1) is 6.04 Å². The first-order valence-corrected chi connectivity index (χ1v) is 8.99. The van der Waals surface area contributed by atoms with E-state index >= 15 is 0 Å². The van der Waals surface area contributed by atoms with Gasteiger partial charge in [0.25, 0.3) is 0 Å². The van der Waals surface area contributed by atoms with Crippen molar-refractivity contribution in [2.24, 2.45) is 0 Å². The van der Waals surface area contributed by atoms with E-state index < -0.39 is 0 Å². The molecular weight excluding hydrogens is 370 g/mol. The smallest absolute Gasteiger partial charge is 0.319 e. The maximum Gasteiger partial charge on any atom is 0.319 e. The van der Waals surface area contributed by atoms with Crippen molar-refractivity contribution in [2.45, 2.75) is 12.5 Å². The van der Waals surface area contributed by atoms with Crippen LogP contribution < -0.4 is 25.0 Å². The summed E-state index contributed by atoms with van der Waals surface area (Å²) in [5, 5.41) is 6.21. The van der Waals surface area contributed by atoms with E-state index in [1.165, 1.54) is 0 Å².